The van der Waals surface area contributed by atoms with Crippen molar-refractivity contribution in [2.75, 3.05) is 31.5 Å². The van der Waals surface area contributed by atoms with E-state index in [4.69, 9.17) is 4.98 Å². The maximum absolute atomic E-state index is 4.76. The van der Waals surface area contributed by atoms with Gasteiger partial charge in [0.2, 0.25) is 5.95 Å². The van der Waals surface area contributed by atoms with Crippen LogP contribution >= 0.6 is 0 Å². The number of anilines is 1. The minimum Gasteiger partial charge on any atom is -0.355 e. The molecule has 4 aromatic heterocycles. The SMILES string of the molecule is Cn1ccc2c1CCn1ccnc1C2=C1CCN(CCNc2nc3ccncc3[nH]2)CC1. The van der Waals surface area contributed by atoms with Gasteiger partial charge in [-0.05, 0) is 25.0 Å². The second-order valence-corrected chi connectivity index (χ2v) is 8.71. The van der Waals surface area contributed by atoms with Gasteiger partial charge in [0.15, 0.2) is 0 Å². The van der Waals surface area contributed by atoms with Gasteiger partial charge in [0.05, 0.1) is 17.2 Å². The lowest BCUT2D eigenvalue weighted by atomic mass is 9.92. The second kappa shape index (κ2) is 7.94. The summed E-state index contributed by atoms with van der Waals surface area (Å²) in [5, 5.41) is 3.43. The standard InChI is InChI=1S/C24H28N8/c1-30-10-5-18-21(30)6-13-32-15-9-26-23(32)22(18)17-3-11-31(12-4-17)14-8-27-24-28-19-2-7-25-16-20(19)29-24/h2,5,7,9-10,15-16H,3-4,6,8,11-14H2,1H3,(H2,27,28,29). The summed E-state index contributed by atoms with van der Waals surface area (Å²) in [4.78, 5) is 19.3. The largest absolute Gasteiger partial charge is 0.355 e. The Morgan fingerprint density at radius 3 is 2.84 bits per heavy atom. The zero-order valence-corrected chi connectivity index (χ0v) is 18.4. The fourth-order valence-corrected chi connectivity index (χ4v) is 5.08. The monoisotopic (exact) mass is 428 g/mol. The van der Waals surface area contributed by atoms with E-state index in [2.05, 4.69) is 59.8 Å². The number of aromatic nitrogens is 6. The van der Waals surface area contributed by atoms with Gasteiger partial charge >= 0.3 is 0 Å². The number of pyridine rings is 1. The van der Waals surface area contributed by atoms with Gasteiger partial charge in [-0.3, -0.25) is 4.98 Å². The average Bonchev–Trinajstić information content (AvgIpc) is 3.51. The molecule has 2 aliphatic heterocycles. The average molecular weight is 429 g/mol. The van der Waals surface area contributed by atoms with E-state index < -0.39 is 0 Å². The molecule has 8 heteroatoms. The van der Waals surface area contributed by atoms with E-state index in [1.54, 1.807) is 11.8 Å². The van der Waals surface area contributed by atoms with Gasteiger partial charge in [-0.1, -0.05) is 5.57 Å². The first-order valence-corrected chi connectivity index (χ1v) is 11.4. The molecule has 0 aliphatic carbocycles. The van der Waals surface area contributed by atoms with Crippen LogP contribution in [0.25, 0.3) is 16.6 Å². The molecule has 0 radical (unpaired) electrons. The third kappa shape index (κ3) is 3.40. The number of nitrogens with zero attached hydrogens (tertiary/aromatic N) is 6. The van der Waals surface area contributed by atoms with Crippen molar-refractivity contribution >= 4 is 22.6 Å². The number of nitrogens with one attached hydrogen (secondary N) is 2. The van der Waals surface area contributed by atoms with E-state index in [-0.39, 0.29) is 0 Å². The highest BCUT2D eigenvalue weighted by Crippen LogP contribution is 2.36. The van der Waals surface area contributed by atoms with Crippen LogP contribution in [0.2, 0.25) is 0 Å². The first-order chi connectivity index (χ1) is 15.8. The highest BCUT2D eigenvalue weighted by molar-refractivity contribution is 5.81. The van der Waals surface area contributed by atoms with Crippen LogP contribution in [0.5, 0.6) is 0 Å². The van der Waals surface area contributed by atoms with Gasteiger partial charge in [0.25, 0.3) is 0 Å². The molecule has 0 aromatic carbocycles. The van der Waals surface area contributed by atoms with Crippen LogP contribution < -0.4 is 5.32 Å². The van der Waals surface area contributed by atoms with Crippen molar-refractivity contribution < 1.29 is 0 Å². The van der Waals surface area contributed by atoms with Crippen LogP contribution in [0.4, 0.5) is 5.95 Å². The Bertz CT molecular complexity index is 1250. The summed E-state index contributed by atoms with van der Waals surface area (Å²) in [7, 11) is 2.16. The summed E-state index contributed by atoms with van der Waals surface area (Å²) in [6, 6.07) is 4.20. The first kappa shape index (κ1) is 19.3. The number of H-pyrrole nitrogens is 1. The number of likely N-dealkylation sites (tertiary alicyclic amines) is 1. The Morgan fingerprint density at radius 1 is 1.06 bits per heavy atom. The number of piperidine rings is 1. The van der Waals surface area contributed by atoms with E-state index >= 15 is 0 Å². The lowest BCUT2D eigenvalue weighted by molar-refractivity contribution is 0.266. The van der Waals surface area contributed by atoms with Crippen molar-refractivity contribution in [1.82, 2.24) is 34.0 Å². The lowest BCUT2D eigenvalue weighted by Gasteiger charge is -2.29. The van der Waals surface area contributed by atoms with Gasteiger partial charge in [0.1, 0.15) is 5.82 Å². The Labute approximate surface area is 187 Å². The van der Waals surface area contributed by atoms with Gasteiger partial charge in [-0.2, -0.15) is 0 Å². The van der Waals surface area contributed by atoms with Crippen molar-refractivity contribution in [1.29, 1.82) is 0 Å². The van der Waals surface area contributed by atoms with Crippen LogP contribution in [0.3, 0.4) is 0 Å². The summed E-state index contributed by atoms with van der Waals surface area (Å²) < 4.78 is 4.60. The van der Waals surface area contributed by atoms with Crippen molar-refractivity contribution in [3.05, 3.63) is 65.8 Å². The molecule has 2 N–H and O–H groups in total. The molecule has 0 unspecified atom stereocenters. The number of aryl methyl sites for hydroxylation is 2. The predicted octanol–water partition coefficient (Wildman–Crippen LogP) is 3.06. The number of hydrogen-bond acceptors (Lipinski definition) is 5. The molecule has 4 aromatic rings. The Hall–Kier alpha value is -3.39. The molecule has 6 heterocycles. The highest BCUT2D eigenvalue weighted by Gasteiger charge is 2.26. The molecule has 0 saturated carbocycles. The van der Waals surface area contributed by atoms with Crippen LogP contribution in [-0.2, 0) is 20.0 Å². The van der Waals surface area contributed by atoms with E-state index in [1.807, 2.05) is 18.5 Å². The molecule has 1 fully saturated rings. The molecular formula is C24H28N8. The number of rotatable bonds is 4. The third-order valence-electron chi connectivity index (χ3n) is 6.82. The van der Waals surface area contributed by atoms with Gasteiger partial charge in [-0.15, -0.1) is 0 Å². The summed E-state index contributed by atoms with van der Waals surface area (Å²) in [5.74, 6) is 1.95. The normalized spacial score (nSPS) is 16.8. The summed E-state index contributed by atoms with van der Waals surface area (Å²) in [6.07, 6.45) is 13.1. The van der Waals surface area contributed by atoms with Crippen LogP contribution in [0, 0.1) is 0 Å². The van der Waals surface area contributed by atoms with Crippen molar-refractivity contribution in [3.8, 4) is 0 Å². The smallest absolute Gasteiger partial charge is 0.201 e. The fraction of sp³-hybridized carbons (Fsp3) is 0.375. The van der Waals surface area contributed by atoms with E-state index in [0.29, 0.717) is 0 Å². The molecule has 0 bridgehead atoms. The molecular weight excluding hydrogens is 400 g/mol. The minimum atomic E-state index is 0.815. The molecule has 8 nitrogen and oxygen atoms in total. The molecule has 0 amide bonds. The Kier molecular flexibility index (Phi) is 4.79. The lowest BCUT2D eigenvalue weighted by Crippen LogP contribution is -2.35. The van der Waals surface area contributed by atoms with Crippen molar-refractivity contribution in [2.45, 2.75) is 25.8 Å². The predicted molar refractivity (Wildman–Crippen MR) is 125 cm³/mol. The third-order valence-corrected chi connectivity index (χ3v) is 6.82. The molecule has 1 saturated heterocycles. The number of imidazole rings is 2. The second-order valence-electron chi connectivity index (χ2n) is 8.71. The van der Waals surface area contributed by atoms with Gasteiger partial charge < -0.3 is 24.3 Å². The summed E-state index contributed by atoms with van der Waals surface area (Å²) >= 11 is 0. The number of hydrogen-bond donors (Lipinski definition) is 2. The molecule has 0 atom stereocenters. The number of aromatic amines is 1. The van der Waals surface area contributed by atoms with E-state index in [9.17, 15) is 0 Å². The molecule has 6 rings (SSSR count). The Morgan fingerprint density at radius 2 is 1.97 bits per heavy atom. The fourth-order valence-electron chi connectivity index (χ4n) is 5.08. The molecule has 164 valence electrons. The van der Waals surface area contributed by atoms with Crippen LogP contribution in [-0.4, -0.2) is 60.1 Å². The topological polar surface area (TPSA) is 79.6 Å². The minimum absolute atomic E-state index is 0.815. The molecule has 0 spiro atoms. The Balaban J connectivity index is 1.14. The molecule has 2 aliphatic rings. The van der Waals surface area contributed by atoms with Gasteiger partial charge in [0, 0.05) is 87.8 Å². The van der Waals surface area contributed by atoms with Crippen LogP contribution in [0.15, 0.2) is 48.7 Å². The maximum Gasteiger partial charge on any atom is 0.201 e. The maximum atomic E-state index is 4.76. The number of fused-ring (bicyclic) bond motifs is 3. The zero-order valence-electron chi connectivity index (χ0n) is 18.4. The first-order valence-electron chi connectivity index (χ1n) is 11.4. The highest BCUT2D eigenvalue weighted by atomic mass is 15.2. The van der Waals surface area contributed by atoms with Crippen LogP contribution in [0.1, 0.15) is 29.9 Å². The van der Waals surface area contributed by atoms with Crippen molar-refractivity contribution in [2.24, 2.45) is 7.05 Å². The van der Waals surface area contributed by atoms with Gasteiger partial charge in [-0.25, -0.2) is 9.97 Å². The summed E-state index contributed by atoms with van der Waals surface area (Å²) in [5.41, 5.74) is 7.62. The van der Waals surface area contributed by atoms with Crippen molar-refractivity contribution in [3.63, 3.8) is 0 Å². The zero-order chi connectivity index (χ0) is 21.5. The van der Waals surface area contributed by atoms with E-state index in [0.717, 1.165) is 74.8 Å². The molecule has 32 heavy (non-hydrogen) atoms. The quantitative estimate of drug-likeness (QED) is 0.522. The summed E-state index contributed by atoms with van der Waals surface area (Å²) in [6.45, 7) is 5.02. The van der Waals surface area contributed by atoms with E-state index in [1.165, 1.54) is 16.8 Å².